The summed E-state index contributed by atoms with van der Waals surface area (Å²) in [6.45, 7) is 4.12. The lowest BCUT2D eigenvalue weighted by molar-refractivity contribution is 1.04. The number of rotatable bonds is 0. The normalized spacial score (nSPS) is 14.5. The van der Waals surface area contributed by atoms with E-state index in [9.17, 15) is 0 Å². The van der Waals surface area contributed by atoms with E-state index in [1.807, 2.05) is 0 Å². The van der Waals surface area contributed by atoms with Crippen LogP contribution in [0.1, 0.15) is 5.56 Å². The largest absolute Gasteiger partial charge is 0.381 e. The molecule has 0 fully saturated rings. The van der Waals surface area contributed by atoms with Gasteiger partial charge in [-0.1, -0.05) is 6.07 Å². The maximum Gasteiger partial charge on any atom is 0.0723 e. The van der Waals surface area contributed by atoms with E-state index < -0.39 is 0 Å². The van der Waals surface area contributed by atoms with Crippen LogP contribution < -0.4 is 10.6 Å². The summed E-state index contributed by atoms with van der Waals surface area (Å²) in [5.41, 5.74) is 3.72. The fourth-order valence-corrected chi connectivity index (χ4v) is 1.93. The smallest absolute Gasteiger partial charge is 0.0723 e. The first kappa shape index (κ1) is 7.92. The molecule has 0 saturated heterocycles. The zero-order valence-electron chi connectivity index (χ0n) is 6.95. The van der Waals surface area contributed by atoms with Crippen molar-refractivity contribution in [3.05, 3.63) is 22.2 Å². The number of anilines is 2. The molecule has 0 radical (unpaired) electrons. The summed E-state index contributed by atoms with van der Waals surface area (Å²) >= 11 is 3.51. The lowest BCUT2D eigenvalue weighted by Crippen LogP contribution is -2.21. The van der Waals surface area contributed by atoms with Gasteiger partial charge in [-0.3, -0.25) is 0 Å². The maximum atomic E-state index is 3.51. The summed E-state index contributed by atoms with van der Waals surface area (Å²) in [5.74, 6) is 0. The third-order valence-electron chi connectivity index (χ3n) is 2.09. The van der Waals surface area contributed by atoms with Gasteiger partial charge < -0.3 is 10.6 Å². The van der Waals surface area contributed by atoms with Crippen molar-refractivity contribution in [2.75, 3.05) is 23.7 Å². The number of hydrogen-bond donors (Lipinski definition) is 2. The molecule has 64 valence electrons. The van der Waals surface area contributed by atoms with Crippen molar-refractivity contribution < 1.29 is 0 Å². The van der Waals surface area contributed by atoms with Crippen LogP contribution >= 0.6 is 15.9 Å². The number of aryl methyl sites for hydroxylation is 1. The summed E-state index contributed by atoms with van der Waals surface area (Å²) in [5, 5.41) is 6.74. The van der Waals surface area contributed by atoms with Crippen LogP contribution in [0.4, 0.5) is 11.4 Å². The minimum Gasteiger partial charge on any atom is -0.381 e. The predicted octanol–water partition coefficient (Wildman–Crippen LogP) is 2.59. The first-order chi connectivity index (χ1) is 5.79. The highest BCUT2D eigenvalue weighted by Gasteiger charge is 2.12. The Morgan fingerprint density at radius 2 is 1.83 bits per heavy atom. The van der Waals surface area contributed by atoms with Gasteiger partial charge in [0.15, 0.2) is 0 Å². The zero-order valence-corrected chi connectivity index (χ0v) is 8.53. The summed E-state index contributed by atoms with van der Waals surface area (Å²) in [7, 11) is 0. The highest BCUT2D eigenvalue weighted by atomic mass is 79.9. The van der Waals surface area contributed by atoms with Crippen LogP contribution in [0, 0.1) is 6.92 Å². The predicted molar refractivity (Wildman–Crippen MR) is 55.9 cm³/mol. The van der Waals surface area contributed by atoms with Crippen LogP contribution in [0.5, 0.6) is 0 Å². The van der Waals surface area contributed by atoms with Gasteiger partial charge >= 0.3 is 0 Å². The maximum absolute atomic E-state index is 3.51. The van der Waals surface area contributed by atoms with E-state index in [0.717, 1.165) is 17.6 Å². The van der Waals surface area contributed by atoms with Crippen molar-refractivity contribution in [2.24, 2.45) is 0 Å². The molecule has 2 nitrogen and oxygen atoms in total. The van der Waals surface area contributed by atoms with E-state index >= 15 is 0 Å². The Morgan fingerprint density at radius 3 is 2.50 bits per heavy atom. The second-order valence-electron chi connectivity index (χ2n) is 2.97. The SMILES string of the molecule is Cc1ccc(Br)c2c1NCCN2. The molecule has 2 N–H and O–H groups in total. The van der Waals surface area contributed by atoms with Crippen LogP contribution in [0.15, 0.2) is 16.6 Å². The number of benzene rings is 1. The second kappa shape index (κ2) is 2.98. The van der Waals surface area contributed by atoms with E-state index in [2.05, 4.69) is 45.6 Å². The van der Waals surface area contributed by atoms with E-state index in [4.69, 9.17) is 0 Å². The number of fused-ring (bicyclic) bond motifs is 1. The van der Waals surface area contributed by atoms with Crippen LogP contribution in [-0.2, 0) is 0 Å². The first-order valence-electron chi connectivity index (χ1n) is 4.06. The van der Waals surface area contributed by atoms with Gasteiger partial charge in [-0.15, -0.1) is 0 Å². The fraction of sp³-hybridized carbons (Fsp3) is 0.333. The molecule has 12 heavy (non-hydrogen) atoms. The van der Waals surface area contributed by atoms with Gasteiger partial charge in [0.25, 0.3) is 0 Å². The van der Waals surface area contributed by atoms with Crippen LogP contribution in [0.25, 0.3) is 0 Å². The monoisotopic (exact) mass is 226 g/mol. The highest BCUT2D eigenvalue weighted by Crippen LogP contribution is 2.34. The van der Waals surface area contributed by atoms with Crippen LogP contribution in [0.2, 0.25) is 0 Å². The lowest BCUT2D eigenvalue weighted by Gasteiger charge is -2.22. The summed E-state index contributed by atoms with van der Waals surface area (Å²) in [4.78, 5) is 0. The second-order valence-corrected chi connectivity index (χ2v) is 3.82. The Bertz CT molecular complexity index is 279. The lowest BCUT2D eigenvalue weighted by atomic mass is 10.1. The molecule has 3 heteroatoms. The van der Waals surface area contributed by atoms with Gasteiger partial charge in [-0.25, -0.2) is 0 Å². The molecule has 0 spiro atoms. The van der Waals surface area contributed by atoms with Crippen LogP contribution in [0.3, 0.4) is 0 Å². The van der Waals surface area contributed by atoms with Gasteiger partial charge in [-0.05, 0) is 34.5 Å². The van der Waals surface area contributed by atoms with Crippen molar-refractivity contribution in [1.82, 2.24) is 0 Å². The first-order valence-corrected chi connectivity index (χ1v) is 4.85. The Hall–Kier alpha value is -0.700. The molecular weight excluding hydrogens is 216 g/mol. The Morgan fingerprint density at radius 1 is 1.17 bits per heavy atom. The Labute approximate surface area is 80.5 Å². The van der Waals surface area contributed by atoms with Gasteiger partial charge in [0.05, 0.1) is 11.4 Å². The third-order valence-corrected chi connectivity index (χ3v) is 2.75. The molecular formula is C9H11BrN2. The van der Waals surface area contributed by atoms with Gasteiger partial charge in [-0.2, -0.15) is 0 Å². The molecule has 0 atom stereocenters. The molecule has 1 heterocycles. The molecule has 0 saturated carbocycles. The average molecular weight is 227 g/mol. The Kier molecular flexibility index (Phi) is 1.97. The molecule has 0 bridgehead atoms. The minimum atomic E-state index is 0.995. The topological polar surface area (TPSA) is 24.1 Å². The van der Waals surface area contributed by atoms with Crippen LogP contribution in [-0.4, -0.2) is 13.1 Å². The third kappa shape index (κ3) is 1.18. The van der Waals surface area contributed by atoms with Crippen molar-refractivity contribution in [2.45, 2.75) is 6.92 Å². The van der Waals surface area contributed by atoms with Crippen molar-refractivity contribution in [3.8, 4) is 0 Å². The molecule has 1 aliphatic heterocycles. The van der Waals surface area contributed by atoms with E-state index in [1.54, 1.807) is 0 Å². The number of halogens is 1. The van der Waals surface area contributed by atoms with Gasteiger partial charge in [0.2, 0.25) is 0 Å². The minimum absolute atomic E-state index is 0.995. The highest BCUT2D eigenvalue weighted by molar-refractivity contribution is 9.10. The fourth-order valence-electron chi connectivity index (χ4n) is 1.46. The van der Waals surface area contributed by atoms with Gasteiger partial charge in [0, 0.05) is 17.6 Å². The zero-order chi connectivity index (χ0) is 8.55. The molecule has 1 aromatic rings. The van der Waals surface area contributed by atoms with Crippen molar-refractivity contribution in [1.29, 1.82) is 0 Å². The summed E-state index contributed by atoms with van der Waals surface area (Å²) in [6.07, 6.45) is 0. The van der Waals surface area contributed by atoms with Crippen molar-refractivity contribution in [3.63, 3.8) is 0 Å². The quantitative estimate of drug-likeness (QED) is 0.711. The molecule has 0 unspecified atom stereocenters. The molecule has 1 aliphatic rings. The Balaban J connectivity index is 2.57. The molecule has 0 amide bonds. The van der Waals surface area contributed by atoms with E-state index in [0.29, 0.717) is 0 Å². The molecule has 0 aliphatic carbocycles. The van der Waals surface area contributed by atoms with E-state index in [1.165, 1.54) is 16.9 Å². The van der Waals surface area contributed by atoms with Crippen molar-refractivity contribution >= 4 is 27.3 Å². The molecule has 0 aromatic heterocycles. The number of hydrogen-bond acceptors (Lipinski definition) is 2. The van der Waals surface area contributed by atoms with E-state index in [-0.39, 0.29) is 0 Å². The molecule has 2 rings (SSSR count). The average Bonchev–Trinajstić information content (AvgIpc) is 2.12. The summed E-state index contributed by atoms with van der Waals surface area (Å²) in [6, 6.07) is 4.19. The standard InChI is InChI=1S/C9H11BrN2/c1-6-2-3-7(10)9-8(6)11-4-5-12-9/h2-3,11-12H,4-5H2,1H3. The summed E-state index contributed by atoms with van der Waals surface area (Å²) < 4.78 is 1.13. The van der Waals surface area contributed by atoms with Gasteiger partial charge in [0.1, 0.15) is 0 Å². The molecule has 1 aromatic carbocycles. The number of nitrogens with one attached hydrogen (secondary N) is 2.